The Hall–Kier alpha value is -1.48. The molecule has 3 heteroatoms. The molecule has 0 fully saturated rings. The van der Waals surface area contributed by atoms with Gasteiger partial charge in [0.05, 0.1) is 7.11 Å². The first-order chi connectivity index (χ1) is 9.63. The normalized spacial score (nSPS) is 10.4. The van der Waals surface area contributed by atoms with Crippen molar-refractivity contribution in [3.05, 3.63) is 58.7 Å². The van der Waals surface area contributed by atoms with Crippen molar-refractivity contribution in [3.63, 3.8) is 0 Å². The lowest BCUT2D eigenvalue weighted by atomic mass is 10.1. The fraction of sp³-hybridized carbons (Fsp3) is 0.294. The summed E-state index contributed by atoms with van der Waals surface area (Å²) in [5.74, 6) is 1.74. The van der Waals surface area contributed by atoms with Gasteiger partial charge in [0, 0.05) is 10.9 Å². The van der Waals surface area contributed by atoms with Gasteiger partial charge in [0.1, 0.15) is 18.1 Å². The summed E-state index contributed by atoms with van der Waals surface area (Å²) in [5.41, 5.74) is 4.87. The van der Waals surface area contributed by atoms with Crippen molar-refractivity contribution in [2.45, 2.75) is 25.8 Å². The summed E-state index contributed by atoms with van der Waals surface area (Å²) in [7, 11) is 1.67. The molecule has 0 bridgehead atoms. The van der Waals surface area contributed by atoms with Crippen LogP contribution in [0.25, 0.3) is 0 Å². The van der Waals surface area contributed by atoms with Gasteiger partial charge in [-0.3, -0.25) is 0 Å². The van der Waals surface area contributed by atoms with E-state index >= 15 is 0 Å². The Morgan fingerprint density at radius 3 is 2.45 bits per heavy atom. The fourth-order valence-electron chi connectivity index (χ4n) is 1.98. The number of ether oxygens (including phenoxy) is 2. The second-order valence-electron chi connectivity index (χ2n) is 4.81. The number of aryl methyl sites for hydroxylation is 2. The van der Waals surface area contributed by atoms with E-state index < -0.39 is 0 Å². The summed E-state index contributed by atoms with van der Waals surface area (Å²) >= 11 is 3.48. The molecule has 0 spiro atoms. The van der Waals surface area contributed by atoms with Crippen molar-refractivity contribution in [1.29, 1.82) is 0 Å². The van der Waals surface area contributed by atoms with E-state index in [1.807, 2.05) is 18.2 Å². The number of halogens is 1. The third-order valence-electron chi connectivity index (χ3n) is 3.38. The molecule has 0 heterocycles. The highest BCUT2D eigenvalue weighted by Crippen LogP contribution is 2.27. The Morgan fingerprint density at radius 1 is 1.00 bits per heavy atom. The second kappa shape index (κ2) is 6.80. The Balaban J connectivity index is 2.12. The standard InChI is InChI=1S/C17H19BrO2/c1-12-4-5-14(8-13(12)2)11-20-17-7-6-16(19-3)9-15(17)10-18/h4-9H,10-11H2,1-3H3. The van der Waals surface area contributed by atoms with Crippen molar-refractivity contribution in [2.75, 3.05) is 7.11 Å². The zero-order valence-electron chi connectivity index (χ0n) is 12.1. The molecular weight excluding hydrogens is 316 g/mol. The number of hydrogen-bond donors (Lipinski definition) is 0. The maximum Gasteiger partial charge on any atom is 0.124 e. The van der Waals surface area contributed by atoms with Gasteiger partial charge >= 0.3 is 0 Å². The average Bonchev–Trinajstić information content (AvgIpc) is 2.48. The topological polar surface area (TPSA) is 18.5 Å². The molecule has 0 aliphatic carbocycles. The molecule has 0 radical (unpaired) electrons. The lowest BCUT2D eigenvalue weighted by molar-refractivity contribution is 0.303. The molecule has 0 atom stereocenters. The predicted molar refractivity (Wildman–Crippen MR) is 85.9 cm³/mol. The average molecular weight is 335 g/mol. The summed E-state index contributed by atoms with van der Waals surface area (Å²) in [4.78, 5) is 0. The minimum Gasteiger partial charge on any atom is -0.497 e. The number of hydrogen-bond acceptors (Lipinski definition) is 2. The van der Waals surface area contributed by atoms with Crippen LogP contribution in [0.2, 0.25) is 0 Å². The zero-order chi connectivity index (χ0) is 14.5. The number of rotatable bonds is 5. The van der Waals surface area contributed by atoms with Gasteiger partial charge < -0.3 is 9.47 Å². The van der Waals surface area contributed by atoms with E-state index in [2.05, 4.69) is 48.0 Å². The first kappa shape index (κ1) is 14.9. The van der Waals surface area contributed by atoms with Crippen LogP contribution in [-0.2, 0) is 11.9 Å². The maximum absolute atomic E-state index is 5.92. The first-order valence-electron chi connectivity index (χ1n) is 6.56. The van der Waals surface area contributed by atoms with Crippen molar-refractivity contribution < 1.29 is 9.47 Å². The summed E-state index contributed by atoms with van der Waals surface area (Å²) in [6, 6.07) is 12.3. The lowest BCUT2D eigenvalue weighted by Gasteiger charge is -2.12. The number of benzene rings is 2. The van der Waals surface area contributed by atoms with Gasteiger partial charge in [-0.05, 0) is 48.7 Å². The lowest BCUT2D eigenvalue weighted by Crippen LogP contribution is -1.99. The minimum atomic E-state index is 0.577. The molecule has 2 aromatic carbocycles. The highest BCUT2D eigenvalue weighted by molar-refractivity contribution is 9.08. The third kappa shape index (κ3) is 3.54. The summed E-state index contributed by atoms with van der Waals surface area (Å²) in [5, 5.41) is 0.743. The Bertz CT molecular complexity index is 594. The van der Waals surface area contributed by atoms with Crippen LogP contribution in [0.5, 0.6) is 11.5 Å². The molecule has 2 rings (SSSR count). The smallest absolute Gasteiger partial charge is 0.124 e. The van der Waals surface area contributed by atoms with Crippen molar-refractivity contribution >= 4 is 15.9 Å². The van der Waals surface area contributed by atoms with E-state index in [9.17, 15) is 0 Å². The summed E-state index contributed by atoms with van der Waals surface area (Å²) in [6.45, 7) is 4.82. The van der Waals surface area contributed by atoms with E-state index in [-0.39, 0.29) is 0 Å². The molecule has 0 N–H and O–H groups in total. The molecule has 0 amide bonds. The van der Waals surface area contributed by atoms with E-state index in [0.717, 1.165) is 22.4 Å². The van der Waals surface area contributed by atoms with Crippen molar-refractivity contribution in [3.8, 4) is 11.5 Å². The van der Waals surface area contributed by atoms with E-state index in [1.54, 1.807) is 7.11 Å². The van der Waals surface area contributed by atoms with Gasteiger partial charge in [0.2, 0.25) is 0 Å². The summed E-state index contributed by atoms with van der Waals surface area (Å²) < 4.78 is 11.1. The van der Waals surface area contributed by atoms with Crippen molar-refractivity contribution in [1.82, 2.24) is 0 Å². The van der Waals surface area contributed by atoms with Crippen LogP contribution in [0.4, 0.5) is 0 Å². The molecule has 2 nitrogen and oxygen atoms in total. The van der Waals surface area contributed by atoms with Crippen LogP contribution in [0.3, 0.4) is 0 Å². The van der Waals surface area contributed by atoms with Gasteiger partial charge in [-0.2, -0.15) is 0 Å². The molecule has 0 saturated heterocycles. The Morgan fingerprint density at radius 2 is 1.80 bits per heavy atom. The number of methoxy groups -OCH3 is 1. The molecule has 0 saturated carbocycles. The van der Waals surface area contributed by atoms with Crippen LogP contribution in [0, 0.1) is 13.8 Å². The molecule has 0 aromatic heterocycles. The Kier molecular flexibility index (Phi) is 5.07. The van der Waals surface area contributed by atoms with Crippen LogP contribution in [-0.4, -0.2) is 7.11 Å². The maximum atomic E-state index is 5.92. The molecular formula is C17H19BrO2. The molecule has 2 aromatic rings. The number of alkyl halides is 1. The van der Waals surface area contributed by atoms with Crippen LogP contribution in [0.1, 0.15) is 22.3 Å². The van der Waals surface area contributed by atoms with E-state index in [1.165, 1.54) is 16.7 Å². The molecule has 0 aliphatic rings. The molecule has 106 valence electrons. The second-order valence-corrected chi connectivity index (χ2v) is 5.38. The van der Waals surface area contributed by atoms with Gasteiger partial charge in [0.15, 0.2) is 0 Å². The zero-order valence-corrected chi connectivity index (χ0v) is 13.7. The van der Waals surface area contributed by atoms with Crippen molar-refractivity contribution in [2.24, 2.45) is 0 Å². The Labute approximate surface area is 128 Å². The third-order valence-corrected chi connectivity index (χ3v) is 3.98. The minimum absolute atomic E-state index is 0.577. The van der Waals surface area contributed by atoms with Gasteiger partial charge in [-0.15, -0.1) is 0 Å². The van der Waals surface area contributed by atoms with Crippen LogP contribution in [0.15, 0.2) is 36.4 Å². The van der Waals surface area contributed by atoms with E-state index in [0.29, 0.717) is 6.61 Å². The predicted octanol–water partition coefficient (Wildman–Crippen LogP) is 4.79. The molecule has 20 heavy (non-hydrogen) atoms. The van der Waals surface area contributed by atoms with Crippen LogP contribution >= 0.6 is 15.9 Å². The molecule has 0 unspecified atom stereocenters. The van der Waals surface area contributed by atoms with Gasteiger partial charge in [0.25, 0.3) is 0 Å². The quantitative estimate of drug-likeness (QED) is 0.732. The summed E-state index contributed by atoms with van der Waals surface area (Å²) in [6.07, 6.45) is 0. The largest absolute Gasteiger partial charge is 0.497 e. The highest BCUT2D eigenvalue weighted by atomic mass is 79.9. The monoisotopic (exact) mass is 334 g/mol. The molecule has 0 aliphatic heterocycles. The SMILES string of the molecule is COc1ccc(OCc2ccc(C)c(C)c2)c(CBr)c1. The van der Waals surface area contributed by atoms with Gasteiger partial charge in [-0.1, -0.05) is 34.1 Å². The van der Waals surface area contributed by atoms with Gasteiger partial charge in [-0.25, -0.2) is 0 Å². The van der Waals surface area contributed by atoms with Crippen LogP contribution < -0.4 is 9.47 Å². The first-order valence-corrected chi connectivity index (χ1v) is 7.68. The highest BCUT2D eigenvalue weighted by Gasteiger charge is 2.05. The fourth-order valence-corrected chi connectivity index (χ4v) is 2.42. The van der Waals surface area contributed by atoms with E-state index in [4.69, 9.17) is 9.47 Å².